The lowest BCUT2D eigenvalue weighted by Crippen LogP contribution is -2.35. The Balaban J connectivity index is 2.37. The largest absolute Gasteiger partial charge is 0.388 e. The number of benzene rings is 1. The van der Waals surface area contributed by atoms with Gasteiger partial charge in [-0.05, 0) is 43.8 Å². The second kappa shape index (κ2) is 8.53. The van der Waals surface area contributed by atoms with E-state index < -0.39 is 0 Å². The Morgan fingerprint density at radius 2 is 1.84 bits per heavy atom. The summed E-state index contributed by atoms with van der Waals surface area (Å²) in [6.07, 6.45) is 1.15. The fourth-order valence-corrected chi connectivity index (χ4v) is 1.96. The van der Waals surface area contributed by atoms with Crippen molar-refractivity contribution in [3.05, 3.63) is 29.8 Å². The number of rotatable bonds is 8. The number of hydrogen-bond acceptors (Lipinski definition) is 3. The van der Waals surface area contributed by atoms with Crippen molar-refractivity contribution in [2.45, 2.75) is 20.3 Å². The smallest absolute Gasteiger partial charge is 0.251 e. The van der Waals surface area contributed by atoms with Gasteiger partial charge in [0.25, 0.3) is 5.91 Å². The third-order valence-electron chi connectivity index (χ3n) is 3.14. The molecule has 0 saturated carbocycles. The van der Waals surface area contributed by atoms with E-state index in [1.165, 1.54) is 0 Å². The predicted molar refractivity (Wildman–Crippen MR) is 80.7 cm³/mol. The fourth-order valence-electron chi connectivity index (χ4n) is 1.96. The van der Waals surface area contributed by atoms with Crippen LogP contribution >= 0.6 is 0 Å². The molecule has 0 radical (unpaired) electrons. The van der Waals surface area contributed by atoms with E-state index >= 15 is 0 Å². The molecule has 106 valence electrons. The van der Waals surface area contributed by atoms with E-state index in [9.17, 15) is 4.79 Å². The lowest BCUT2D eigenvalue weighted by atomic mass is 10.2. The first-order valence-electron chi connectivity index (χ1n) is 6.99. The summed E-state index contributed by atoms with van der Waals surface area (Å²) in [6, 6.07) is 7.49. The van der Waals surface area contributed by atoms with Crippen LogP contribution in [0.3, 0.4) is 0 Å². The number of amides is 1. The molecule has 2 N–H and O–H groups in total. The third-order valence-corrected chi connectivity index (χ3v) is 3.14. The van der Waals surface area contributed by atoms with Gasteiger partial charge in [-0.2, -0.15) is 0 Å². The summed E-state index contributed by atoms with van der Waals surface area (Å²) in [5.41, 5.74) is 1.72. The van der Waals surface area contributed by atoms with E-state index in [1.807, 2.05) is 31.3 Å². The molecule has 0 bridgehead atoms. The first-order valence-corrected chi connectivity index (χ1v) is 6.99. The van der Waals surface area contributed by atoms with Gasteiger partial charge < -0.3 is 15.5 Å². The predicted octanol–water partition coefficient (Wildman–Crippen LogP) is 2.19. The van der Waals surface area contributed by atoms with Gasteiger partial charge in [0.05, 0.1) is 0 Å². The average molecular weight is 263 g/mol. The molecule has 0 aliphatic rings. The first kappa shape index (κ1) is 15.5. The highest BCUT2D eigenvalue weighted by Gasteiger charge is 2.06. The lowest BCUT2D eigenvalue weighted by molar-refractivity contribution is 0.0948. The molecule has 1 aromatic rings. The van der Waals surface area contributed by atoms with Crippen molar-refractivity contribution in [1.82, 2.24) is 10.2 Å². The zero-order valence-corrected chi connectivity index (χ0v) is 12.2. The van der Waals surface area contributed by atoms with Gasteiger partial charge in [-0.1, -0.05) is 13.8 Å². The SMILES string of the molecule is CCCN(CC)CCNC(=O)c1ccc(NC)cc1. The summed E-state index contributed by atoms with van der Waals surface area (Å²) < 4.78 is 0. The summed E-state index contributed by atoms with van der Waals surface area (Å²) in [5.74, 6) is -0.00444. The summed E-state index contributed by atoms with van der Waals surface area (Å²) >= 11 is 0. The zero-order valence-electron chi connectivity index (χ0n) is 12.2. The van der Waals surface area contributed by atoms with Crippen LogP contribution in [0.1, 0.15) is 30.6 Å². The highest BCUT2D eigenvalue weighted by atomic mass is 16.1. The molecule has 0 aromatic heterocycles. The van der Waals surface area contributed by atoms with Crippen LogP contribution in [-0.4, -0.2) is 44.0 Å². The van der Waals surface area contributed by atoms with Crippen molar-refractivity contribution in [2.24, 2.45) is 0 Å². The normalized spacial score (nSPS) is 10.5. The molecule has 0 spiro atoms. The molecule has 1 amide bonds. The Labute approximate surface area is 116 Å². The Morgan fingerprint density at radius 3 is 2.37 bits per heavy atom. The summed E-state index contributed by atoms with van der Waals surface area (Å²) in [4.78, 5) is 14.3. The van der Waals surface area contributed by atoms with Crippen LogP contribution in [0, 0.1) is 0 Å². The molecule has 0 heterocycles. The number of nitrogens with one attached hydrogen (secondary N) is 2. The molecular weight excluding hydrogens is 238 g/mol. The zero-order chi connectivity index (χ0) is 14.1. The number of carbonyl (C=O) groups excluding carboxylic acids is 1. The van der Waals surface area contributed by atoms with Crippen LogP contribution in [0.15, 0.2) is 24.3 Å². The van der Waals surface area contributed by atoms with Gasteiger partial charge in [0.1, 0.15) is 0 Å². The molecule has 1 aromatic carbocycles. The quantitative estimate of drug-likeness (QED) is 0.755. The molecule has 0 aliphatic carbocycles. The number of likely N-dealkylation sites (N-methyl/N-ethyl adjacent to an activating group) is 1. The van der Waals surface area contributed by atoms with Crippen LogP contribution in [0.5, 0.6) is 0 Å². The van der Waals surface area contributed by atoms with Crippen LogP contribution in [0.4, 0.5) is 5.69 Å². The fraction of sp³-hybridized carbons (Fsp3) is 0.533. The maximum Gasteiger partial charge on any atom is 0.251 e. The standard InChI is InChI=1S/C15H25N3O/c1-4-11-18(5-2)12-10-17-15(19)13-6-8-14(16-3)9-7-13/h6-9,16H,4-5,10-12H2,1-3H3,(H,17,19). The maximum absolute atomic E-state index is 11.9. The van der Waals surface area contributed by atoms with E-state index in [0.717, 1.165) is 31.7 Å². The number of anilines is 1. The van der Waals surface area contributed by atoms with Crippen molar-refractivity contribution in [3.63, 3.8) is 0 Å². The van der Waals surface area contributed by atoms with E-state index in [2.05, 4.69) is 29.4 Å². The minimum Gasteiger partial charge on any atom is -0.388 e. The monoisotopic (exact) mass is 263 g/mol. The van der Waals surface area contributed by atoms with Crippen LogP contribution in [0.25, 0.3) is 0 Å². The lowest BCUT2D eigenvalue weighted by Gasteiger charge is -2.19. The molecular formula is C15H25N3O. The minimum absolute atomic E-state index is 0.00444. The molecule has 0 atom stereocenters. The molecule has 4 nitrogen and oxygen atoms in total. The van der Waals surface area contributed by atoms with Gasteiger partial charge >= 0.3 is 0 Å². The average Bonchev–Trinajstić information content (AvgIpc) is 2.46. The minimum atomic E-state index is -0.00444. The summed E-state index contributed by atoms with van der Waals surface area (Å²) in [7, 11) is 1.86. The van der Waals surface area contributed by atoms with E-state index in [-0.39, 0.29) is 5.91 Å². The van der Waals surface area contributed by atoms with Crippen LogP contribution in [-0.2, 0) is 0 Å². The summed E-state index contributed by atoms with van der Waals surface area (Å²) in [5, 5.41) is 5.99. The Kier molecular flexibility index (Phi) is 6.97. The van der Waals surface area contributed by atoms with Crippen LogP contribution in [0.2, 0.25) is 0 Å². The summed E-state index contributed by atoms with van der Waals surface area (Å²) in [6.45, 7) is 8.04. The maximum atomic E-state index is 11.9. The van der Waals surface area contributed by atoms with Gasteiger partial charge in [0.15, 0.2) is 0 Å². The van der Waals surface area contributed by atoms with Crippen molar-refractivity contribution in [1.29, 1.82) is 0 Å². The Bertz CT molecular complexity index is 375. The Hall–Kier alpha value is -1.55. The second-order valence-electron chi connectivity index (χ2n) is 4.52. The van der Waals surface area contributed by atoms with Gasteiger partial charge in [0, 0.05) is 31.4 Å². The first-order chi connectivity index (χ1) is 9.21. The molecule has 0 fully saturated rings. The Morgan fingerprint density at radius 1 is 1.16 bits per heavy atom. The topological polar surface area (TPSA) is 44.4 Å². The van der Waals surface area contributed by atoms with Crippen molar-refractivity contribution >= 4 is 11.6 Å². The van der Waals surface area contributed by atoms with Crippen LogP contribution < -0.4 is 10.6 Å². The van der Waals surface area contributed by atoms with Crippen molar-refractivity contribution in [3.8, 4) is 0 Å². The number of carbonyl (C=O) groups is 1. The van der Waals surface area contributed by atoms with Crippen molar-refractivity contribution in [2.75, 3.05) is 38.5 Å². The second-order valence-corrected chi connectivity index (χ2v) is 4.52. The highest BCUT2D eigenvalue weighted by Crippen LogP contribution is 2.08. The van der Waals surface area contributed by atoms with Crippen molar-refractivity contribution < 1.29 is 4.79 Å². The molecule has 4 heteroatoms. The molecule has 1 rings (SSSR count). The number of hydrogen-bond donors (Lipinski definition) is 2. The molecule has 19 heavy (non-hydrogen) atoms. The number of nitrogens with zero attached hydrogens (tertiary/aromatic N) is 1. The molecule has 0 saturated heterocycles. The highest BCUT2D eigenvalue weighted by molar-refractivity contribution is 5.94. The van der Waals surface area contributed by atoms with E-state index in [0.29, 0.717) is 12.1 Å². The van der Waals surface area contributed by atoms with E-state index in [1.54, 1.807) is 0 Å². The van der Waals surface area contributed by atoms with Gasteiger partial charge in [0.2, 0.25) is 0 Å². The third kappa shape index (κ3) is 5.30. The molecule has 0 aliphatic heterocycles. The van der Waals surface area contributed by atoms with Gasteiger partial charge in [-0.15, -0.1) is 0 Å². The molecule has 0 unspecified atom stereocenters. The van der Waals surface area contributed by atoms with Gasteiger partial charge in [-0.3, -0.25) is 4.79 Å². The van der Waals surface area contributed by atoms with E-state index in [4.69, 9.17) is 0 Å². The van der Waals surface area contributed by atoms with Gasteiger partial charge in [-0.25, -0.2) is 0 Å².